The summed E-state index contributed by atoms with van der Waals surface area (Å²) in [6, 6.07) is 2.44. The van der Waals surface area contributed by atoms with Crippen molar-refractivity contribution < 1.29 is 22.7 Å². The molecule has 3 aliphatic rings. The smallest absolute Gasteiger partial charge is 0.265 e. The molecule has 0 saturated carbocycles. The van der Waals surface area contributed by atoms with Gasteiger partial charge in [0.05, 0.1) is 10.6 Å². The fourth-order valence-corrected chi connectivity index (χ4v) is 6.22. The molecule has 1 aromatic rings. The summed E-state index contributed by atoms with van der Waals surface area (Å²) in [5.41, 5.74) is 0.977. The maximum absolute atomic E-state index is 13.5. The van der Waals surface area contributed by atoms with Crippen molar-refractivity contribution in [3.05, 3.63) is 17.7 Å². The van der Waals surface area contributed by atoms with Gasteiger partial charge in [-0.05, 0) is 57.6 Å². The summed E-state index contributed by atoms with van der Waals surface area (Å²) in [5.74, 6) is -0.0165. The third-order valence-corrected chi connectivity index (χ3v) is 8.00. The van der Waals surface area contributed by atoms with Gasteiger partial charge in [-0.3, -0.25) is 9.59 Å². The number of carbonyl (C=O) groups is 2. The Labute approximate surface area is 171 Å². The lowest BCUT2D eigenvalue weighted by Gasteiger charge is -2.32. The Morgan fingerprint density at radius 3 is 2.59 bits per heavy atom. The predicted molar refractivity (Wildman–Crippen MR) is 107 cm³/mol. The van der Waals surface area contributed by atoms with E-state index >= 15 is 0 Å². The number of anilines is 1. The van der Waals surface area contributed by atoms with Crippen molar-refractivity contribution in [3.8, 4) is 5.75 Å². The molecule has 8 nitrogen and oxygen atoms in total. The van der Waals surface area contributed by atoms with E-state index in [1.165, 1.54) is 10.4 Å². The Bertz CT molecular complexity index is 940. The van der Waals surface area contributed by atoms with Crippen LogP contribution < -0.4 is 10.1 Å². The van der Waals surface area contributed by atoms with E-state index < -0.39 is 22.2 Å². The minimum atomic E-state index is -3.87. The van der Waals surface area contributed by atoms with Crippen molar-refractivity contribution in [2.24, 2.45) is 0 Å². The monoisotopic (exact) mass is 421 g/mol. The van der Waals surface area contributed by atoms with Crippen molar-refractivity contribution in [2.45, 2.75) is 63.0 Å². The van der Waals surface area contributed by atoms with E-state index in [0.717, 1.165) is 19.3 Å². The number of hydrogen-bond acceptors (Lipinski definition) is 5. The van der Waals surface area contributed by atoms with Gasteiger partial charge in [0, 0.05) is 25.7 Å². The van der Waals surface area contributed by atoms with Crippen molar-refractivity contribution in [2.75, 3.05) is 25.0 Å². The summed E-state index contributed by atoms with van der Waals surface area (Å²) >= 11 is 0. The second kappa shape index (κ2) is 7.60. The molecule has 0 spiro atoms. The van der Waals surface area contributed by atoms with Crippen molar-refractivity contribution in [3.63, 3.8) is 0 Å². The van der Waals surface area contributed by atoms with Crippen LogP contribution in [0.1, 0.15) is 44.6 Å². The molecule has 2 atom stereocenters. The largest absolute Gasteiger partial charge is 0.479 e. The first kappa shape index (κ1) is 20.2. The molecular weight excluding hydrogens is 394 g/mol. The number of piperidine rings is 1. The number of nitrogens with one attached hydrogen (secondary N) is 1. The van der Waals surface area contributed by atoms with Crippen molar-refractivity contribution >= 4 is 27.5 Å². The number of hydrogen-bond donors (Lipinski definition) is 1. The summed E-state index contributed by atoms with van der Waals surface area (Å²) in [7, 11) is -3.87. The quantitative estimate of drug-likeness (QED) is 0.804. The maximum atomic E-state index is 13.5. The van der Waals surface area contributed by atoms with E-state index in [4.69, 9.17) is 4.74 Å². The van der Waals surface area contributed by atoms with Crippen LogP contribution in [-0.2, 0) is 19.6 Å². The van der Waals surface area contributed by atoms with E-state index in [1.807, 2.05) is 4.90 Å². The molecule has 0 unspecified atom stereocenters. The molecule has 3 heterocycles. The second-order valence-corrected chi connectivity index (χ2v) is 9.88. The van der Waals surface area contributed by atoms with Crippen molar-refractivity contribution in [1.82, 2.24) is 9.21 Å². The van der Waals surface area contributed by atoms with Crippen LogP contribution in [0, 0.1) is 6.92 Å². The van der Waals surface area contributed by atoms with Crippen LogP contribution in [0.2, 0.25) is 0 Å². The molecule has 9 heteroatoms. The third kappa shape index (κ3) is 3.61. The Morgan fingerprint density at radius 1 is 1.14 bits per heavy atom. The molecule has 2 amide bonds. The predicted octanol–water partition coefficient (Wildman–Crippen LogP) is 1.88. The Morgan fingerprint density at radius 2 is 1.86 bits per heavy atom. The lowest BCUT2D eigenvalue weighted by molar-refractivity contribution is -0.135. The van der Waals surface area contributed by atoms with Crippen LogP contribution in [0.4, 0.5) is 5.69 Å². The molecule has 0 aliphatic carbocycles. The average molecular weight is 422 g/mol. The summed E-state index contributed by atoms with van der Waals surface area (Å²) in [5, 5.41) is 2.74. The normalized spacial score (nSPS) is 25.3. The Kier molecular flexibility index (Phi) is 5.29. The number of rotatable bonds is 3. The first-order valence-corrected chi connectivity index (χ1v) is 11.7. The van der Waals surface area contributed by atoms with Crippen LogP contribution in [0.15, 0.2) is 17.0 Å². The molecule has 2 saturated heterocycles. The highest BCUT2D eigenvalue weighted by Gasteiger charge is 2.42. The molecule has 29 heavy (non-hydrogen) atoms. The molecule has 4 rings (SSSR count). The van der Waals surface area contributed by atoms with Gasteiger partial charge in [0.25, 0.3) is 5.91 Å². The molecule has 1 N–H and O–H groups in total. The number of carbonyl (C=O) groups excluding carboxylic acids is 2. The standard InChI is InChI=1S/C20H27N3O5S/c1-13-11-15-17(28-14(2)19(24)21-15)12-18(13)29(26,27)23-10-6-7-16(23)20(25)22-8-4-3-5-9-22/h11-12,14,16H,3-10H2,1-2H3,(H,21,24)/t14-,16-/m0/s1. The Balaban J connectivity index is 1.65. The van der Waals surface area contributed by atoms with Crippen LogP contribution in [0.25, 0.3) is 0 Å². The second-order valence-electron chi connectivity index (χ2n) is 8.02. The number of ether oxygens (including phenoxy) is 1. The van der Waals surface area contributed by atoms with Crippen LogP contribution in [0.3, 0.4) is 0 Å². The van der Waals surface area contributed by atoms with Gasteiger partial charge >= 0.3 is 0 Å². The summed E-state index contributed by atoms with van der Waals surface area (Å²) in [4.78, 5) is 26.8. The van der Waals surface area contributed by atoms with E-state index in [-0.39, 0.29) is 16.7 Å². The molecule has 158 valence electrons. The fraction of sp³-hybridized carbons (Fsp3) is 0.600. The zero-order valence-electron chi connectivity index (χ0n) is 16.8. The summed E-state index contributed by atoms with van der Waals surface area (Å²) in [6.45, 7) is 5.03. The number of aryl methyl sites for hydroxylation is 1. The van der Waals surface area contributed by atoms with Gasteiger partial charge in [0.1, 0.15) is 11.8 Å². The minimum Gasteiger partial charge on any atom is -0.479 e. The Hall–Kier alpha value is -2.13. The zero-order chi connectivity index (χ0) is 20.8. The summed E-state index contributed by atoms with van der Waals surface area (Å²) < 4.78 is 33.9. The first-order valence-electron chi connectivity index (χ1n) is 10.2. The molecule has 0 bridgehead atoms. The lowest BCUT2D eigenvalue weighted by Crippen LogP contribution is -2.49. The first-order chi connectivity index (χ1) is 13.8. The van der Waals surface area contributed by atoms with Gasteiger partial charge < -0.3 is 15.0 Å². The van der Waals surface area contributed by atoms with E-state index in [9.17, 15) is 18.0 Å². The fourth-order valence-electron chi connectivity index (χ4n) is 4.35. The van der Waals surface area contributed by atoms with Gasteiger partial charge in [0.2, 0.25) is 15.9 Å². The molecule has 2 fully saturated rings. The molecular formula is C20H27N3O5S. The number of fused-ring (bicyclic) bond motifs is 1. The highest BCUT2D eigenvalue weighted by Crippen LogP contribution is 2.37. The van der Waals surface area contributed by atoms with E-state index in [1.54, 1.807) is 19.9 Å². The summed E-state index contributed by atoms with van der Waals surface area (Å²) in [6.07, 6.45) is 3.56. The molecule has 0 radical (unpaired) electrons. The topological polar surface area (TPSA) is 96.0 Å². The minimum absolute atomic E-state index is 0.0847. The maximum Gasteiger partial charge on any atom is 0.265 e. The highest BCUT2D eigenvalue weighted by atomic mass is 32.2. The van der Waals surface area contributed by atoms with Crippen LogP contribution >= 0.6 is 0 Å². The van der Waals surface area contributed by atoms with Crippen LogP contribution in [0.5, 0.6) is 5.75 Å². The number of amides is 2. The SMILES string of the molecule is Cc1cc2c(cc1S(=O)(=O)N1CCC[C@H]1C(=O)N1CCCCC1)O[C@@H](C)C(=O)N2. The number of benzene rings is 1. The van der Waals surface area contributed by atoms with E-state index in [0.29, 0.717) is 49.5 Å². The molecule has 3 aliphatic heterocycles. The van der Waals surface area contributed by atoms with Gasteiger partial charge in [-0.2, -0.15) is 4.31 Å². The number of likely N-dealkylation sites (tertiary alicyclic amines) is 1. The lowest BCUT2D eigenvalue weighted by atomic mass is 10.1. The number of sulfonamides is 1. The van der Waals surface area contributed by atoms with E-state index in [2.05, 4.69) is 5.32 Å². The van der Waals surface area contributed by atoms with Gasteiger partial charge in [-0.1, -0.05) is 0 Å². The van der Waals surface area contributed by atoms with Gasteiger partial charge in [-0.15, -0.1) is 0 Å². The zero-order valence-corrected chi connectivity index (χ0v) is 17.6. The number of nitrogens with zero attached hydrogens (tertiary/aromatic N) is 2. The van der Waals surface area contributed by atoms with Crippen molar-refractivity contribution in [1.29, 1.82) is 0 Å². The van der Waals surface area contributed by atoms with Gasteiger partial charge in [0.15, 0.2) is 6.10 Å². The molecule has 1 aromatic carbocycles. The highest BCUT2D eigenvalue weighted by molar-refractivity contribution is 7.89. The van der Waals surface area contributed by atoms with Gasteiger partial charge in [-0.25, -0.2) is 8.42 Å². The average Bonchev–Trinajstić information content (AvgIpc) is 3.19. The molecule has 0 aromatic heterocycles. The van der Waals surface area contributed by atoms with Crippen LogP contribution in [-0.4, -0.2) is 61.2 Å². The third-order valence-electron chi connectivity index (χ3n) is 5.95.